The van der Waals surface area contributed by atoms with E-state index < -0.39 is 0 Å². The molecule has 0 aromatic carbocycles. The molecule has 0 saturated carbocycles. The molecule has 5 heteroatoms. The second kappa shape index (κ2) is 5.29. The standard InChI is InChI=1S/C9H19N3O2/c1-7-5-12(6-8(2)14-7)4-3-9(13)11-10/h7-8H,3-6,10H2,1-2H3,(H,11,13)/t7-,8-/m1/s1. The molecule has 14 heavy (non-hydrogen) atoms. The van der Waals surface area contributed by atoms with Crippen LogP contribution in [-0.2, 0) is 9.53 Å². The summed E-state index contributed by atoms with van der Waals surface area (Å²) in [5.74, 6) is 4.89. The van der Waals surface area contributed by atoms with Crippen molar-refractivity contribution < 1.29 is 9.53 Å². The molecule has 2 atom stereocenters. The highest BCUT2D eigenvalue weighted by Gasteiger charge is 2.21. The lowest BCUT2D eigenvalue weighted by atomic mass is 10.2. The summed E-state index contributed by atoms with van der Waals surface area (Å²) >= 11 is 0. The Morgan fingerprint density at radius 2 is 2.07 bits per heavy atom. The lowest BCUT2D eigenvalue weighted by Crippen LogP contribution is -2.46. The Morgan fingerprint density at radius 3 is 2.57 bits per heavy atom. The number of amides is 1. The van der Waals surface area contributed by atoms with Crippen LogP contribution in [0.4, 0.5) is 0 Å². The number of carbonyl (C=O) groups excluding carboxylic acids is 1. The number of rotatable bonds is 3. The van der Waals surface area contributed by atoms with Crippen LogP contribution in [0.25, 0.3) is 0 Å². The number of hydrazine groups is 1. The third kappa shape index (κ3) is 3.61. The molecule has 1 heterocycles. The molecule has 1 aliphatic heterocycles. The summed E-state index contributed by atoms with van der Waals surface area (Å²) in [7, 11) is 0. The Hall–Kier alpha value is -0.650. The van der Waals surface area contributed by atoms with Crippen molar-refractivity contribution in [3.8, 4) is 0 Å². The molecule has 3 N–H and O–H groups in total. The average molecular weight is 201 g/mol. The van der Waals surface area contributed by atoms with E-state index in [0.29, 0.717) is 6.42 Å². The molecule has 1 rings (SSSR count). The number of morpholine rings is 1. The molecule has 0 radical (unpaired) electrons. The second-order valence-corrected chi connectivity index (χ2v) is 3.83. The molecule has 82 valence electrons. The maximum absolute atomic E-state index is 10.9. The maximum atomic E-state index is 10.9. The van der Waals surface area contributed by atoms with Crippen LogP contribution in [0, 0.1) is 0 Å². The molecule has 1 aliphatic rings. The number of nitrogens with two attached hydrogens (primary N) is 1. The number of nitrogens with one attached hydrogen (secondary N) is 1. The summed E-state index contributed by atoms with van der Waals surface area (Å²) in [6.07, 6.45) is 0.954. The van der Waals surface area contributed by atoms with Crippen molar-refractivity contribution in [1.82, 2.24) is 10.3 Å². The first kappa shape index (κ1) is 11.4. The average Bonchev–Trinajstić information content (AvgIpc) is 2.12. The summed E-state index contributed by atoms with van der Waals surface area (Å²) < 4.78 is 5.58. The van der Waals surface area contributed by atoms with E-state index >= 15 is 0 Å². The number of hydrogen-bond donors (Lipinski definition) is 2. The van der Waals surface area contributed by atoms with Gasteiger partial charge in [0.15, 0.2) is 0 Å². The second-order valence-electron chi connectivity index (χ2n) is 3.83. The maximum Gasteiger partial charge on any atom is 0.235 e. The normalized spacial score (nSPS) is 28.8. The number of nitrogens with zero attached hydrogens (tertiary/aromatic N) is 1. The predicted octanol–water partition coefficient (Wildman–Crippen LogP) is -0.524. The largest absolute Gasteiger partial charge is 0.373 e. The Kier molecular flexibility index (Phi) is 4.31. The molecule has 0 aromatic heterocycles. The van der Waals surface area contributed by atoms with Crippen LogP contribution >= 0.6 is 0 Å². The zero-order valence-corrected chi connectivity index (χ0v) is 8.82. The van der Waals surface area contributed by atoms with Gasteiger partial charge in [0, 0.05) is 26.1 Å². The zero-order valence-electron chi connectivity index (χ0n) is 8.82. The minimum atomic E-state index is -0.114. The first-order valence-corrected chi connectivity index (χ1v) is 4.99. The molecule has 1 fully saturated rings. The summed E-state index contributed by atoms with van der Waals surface area (Å²) in [5.41, 5.74) is 2.13. The van der Waals surface area contributed by atoms with Gasteiger partial charge in [-0.15, -0.1) is 0 Å². The highest BCUT2D eigenvalue weighted by Crippen LogP contribution is 2.10. The van der Waals surface area contributed by atoms with Crippen molar-refractivity contribution in [3.63, 3.8) is 0 Å². The lowest BCUT2D eigenvalue weighted by Gasteiger charge is -2.35. The van der Waals surface area contributed by atoms with Crippen molar-refractivity contribution >= 4 is 5.91 Å². The minimum absolute atomic E-state index is 0.114. The highest BCUT2D eigenvalue weighted by molar-refractivity contribution is 5.75. The van der Waals surface area contributed by atoms with E-state index in [4.69, 9.17) is 10.6 Å². The third-order valence-corrected chi connectivity index (χ3v) is 2.31. The predicted molar refractivity (Wildman–Crippen MR) is 53.4 cm³/mol. The van der Waals surface area contributed by atoms with E-state index in [1.54, 1.807) is 0 Å². The fourth-order valence-electron chi connectivity index (χ4n) is 1.80. The van der Waals surface area contributed by atoms with E-state index in [2.05, 4.69) is 10.3 Å². The molecule has 0 spiro atoms. The molecule has 1 saturated heterocycles. The Bertz CT molecular complexity index is 188. The van der Waals surface area contributed by atoms with E-state index in [-0.39, 0.29) is 18.1 Å². The highest BCUT2D eigenvalue weighted by atomic mass is 16.5. The van der Waals surface area contributed by atoms with Crippen LogP contribution in [0.5, 0.6) is 0 Å². The van der Waals surface area contributed by atoms with Gasteiger partial charge < -0.3 is 4.74 Å². The van der Waals surface area contributed by atoms with Gasteiger partial charge in [-0.25, -0.2) is 5.84 Å². The summed E-state index contributed by atoms with van der Waals surface area (Å²) in [6.45, 7) is 6.63. The van der Waals surface area contributed by atoms with Crippen molar-refractivity contribution in [2.24, 2.45) is 5.84 Å². The molecule has 5 nitrogen and oxygen atoms in total. The van der Waals surface area contributed by atoms with Gasteiger partial charge in [0.2, 0.25) is 5.91 Å². The van der Waals surface area contributed by atoms with Crippen LogP contribution in [0.3, 0.4) is 0 Å². The van der Waals surface area contributed by atoms with Gasteiger partial charge in [-0.3, -0.25) is 15.1 Å². The monoisotopic (exact) mass is 201 g/mol. The summed E-state index contributed by atoms with van der Waals surface area (Å²) in [4.78, 5) is 13.2. The molecule has 0 aliphatic carbocycles. The van der Waals surface area contributed by atoms with E-state index in [0.717, 1.165) is 19.6 Å². The fraction of sp³-hybridized carbons (Fsp3) is 0.889. The van der Waals surface area contributed by atoms with Gasteiger partial charge in [-0.05, 0) is 13.8 Å². The van der Waals surface area contributed by atoms with Gasteiger partial charge in [-0.2, -0.15) is 0 Å². The van der Waals surface area contributed by atoms with Crippen LogP contribution < -0.4 is 11.3 Å². The number of hydrogen-bond acceptors (Lipinski definition) is 4. The van der Waals surface area contributed by atoms with Crippen LogP contribution in [0.15, 0.2) is 0 Å². The minimum Gasteiger partial charge on any atom is -0.373 e. The van der Waals surface area contributed by atoms with Gasteiger partial charge in [0.25, 0.3) is 0 Å². The smallest absolute Gasteiger partial charge is 0.235 e. The summed E-state index contributed by atoms with van der Waals surface area (Å²) in [5, 5.41) is 0. The molecular formula is C9H19N3O2. The van der Waals surface area contributed by atoms with Gasteiger partial charge >= 0.3 is 0 Å². The van der Waals surface area contributed by atoms with Crippen LogP contribution in [0.1, 0.15) is 20.3 Å². The first-order chi connectivity index (χ1) is 6.61. The third-order valence-electron chi connectivity index (χ3n) is 2.31. The lowest BCUT2D eigenvalue weighted by molar-refractivity contribution is -0.122. The van der Waals surface area contributed by atoms with Crippen LogP contribution in [0.2, 0.25) is 0 Å². The van der Waals surface area contributed by atoms with Gasteiger partial charge in [0.05, 0.1) is 12.2 Å². The van der Waals surface area contributed by atoms with E-state index in [1.807, 2.05) is 13.8 Å². The topological polar surface area (TPSA) is 67.6 Å². The summed E-state index contributed by atoms with van der Waals surface area (Å²) in [6, 6.07) is 0. The number of carbonyl (C=O) groups is 1. The van der Waals surface area contributed by atoms with Crippen LogP contribution in [-0.4, -0.2) is 42.6 Å². The Balaban J connectivity index is 2.26. The van der Waals surface area contributed by atoms with E-state index in [9.17, 15) is 4.79 Å². The molecule has 0 unspecified atom stereocenters. The Labute approximate surface area is 84.5 Å². The van der Waals surface area contributed by atoms with Crippen molar-refractivity contribution in [2.45, 2.75) is 32.5 Å². The Morgan fingerprint density at radius 1 is 1.50 bits per heavy atom. The quantitative estimate of drug-likeness (QED) is 0.366. The number of ether oxygens (including phenoxy) is 1. The van der Waals surface area contributed by atoms with Crippen molar-refractivity contribution in [1.29, 1.82) is 0 Å². The van der Waals surface area contributed by atoms with Gasteiger partial charge in [0.1, 0.15) is 0 Å². The molecular weight excluding hydrogens is 182 g/mol. The SMILES string of the molecule is C[C@@H]1CN(CCC(=O)NN)C[C@@H](C)O1. The molecule has 0 aromatic rings. The van der Waals surface area contributed by atoms with Gasteiger partial charge in [-0.1, -0.05) is 0 Å². The van der Waals surface area contributed by atoms with Crippen molar-refractivity contribution in [2.75, 3.05) is 19.6 Å². The zero-order chi connectivity index (χ0) is 10.6. The first-order valence-electron chi connectivity index (χ1n) is 4.99. The molecule has 1 amide bonds. The van der Waals surface area contributed by atoms with Crippen molar-refractivity contribution in [3.05, 3.63) is 0 Å². The fourth-order valence-corrected chi connectivity index (χ4v) is 1.80. The van der Waals surface area contributed by atoms with E-state index in [1.165, 1.54) is 0 Å². The molecule has 0 bridgehead atoms.